The minimum atomic E-state index is -1.33. The van der Waals surface area contributed by atoms with Crippen molar-refractivity contribution in [2.45, 2.75) is 0 Å². The van der Waals surface area contributed by atoms with Gasteiger partial charge >= 0.3 is 11.9 Å². The first-order valence-corrected chi connectivity index (χ1v) is 5.56. The average Bonchev–Trinajstić information content (AvgIpc) is 2.46. The maximum absolute atomic E-state index is 11.3. The van der Waals surface area contributed by atoms with Crippen molar-refractivity contribution in [3.8, 4) is 16.9 Å². The molecule has 0 saturated heterocycles. The fourth-order valence-corrected chi connectivity index (χ4v) is 1.96. The molecule has 0 spiro atoms. The Balaban J connectivity index is 2.77. The lowest BCUT2D eigenvalue weighted by Crippen LogP contribution is -2.06. The second-order valence-electron chi connectivity index (χ2n) is 3.93. The zero-order chi connectivity index (χ0) is 14.7. The summed E-state index contributed by atoms with van der Waals surface area (Å²) in [6.07, 6.45) is 0. The average molecular weight is 274 g/mol. The second kappa shape index (κ2) is 5.41. The molecular formula is C14H10O6. The summed E-state index contributed by atoms with van der Waals surface area (Å²) in [6, 6.07) is 10.2. The fraction of sp³-hybridized carbons (Fsp3) is 0. The van der Waals surface area contributed by atoms with Crippen LogP contribution in [0.25, 0.3) is 11.1 Å². The predicted molar refractivity (Wildman–Crippen MR) is 69.1 cm³/mol. The van der Waals surface area contributed by atoms with Gasteiger partial charge in [0.2, 0.25) is 0 Å². The number of carboxylic acids is 2. The molecule has 6 heteroatoms. The Morgan fingerprint density at radius 3 is 2.10 bits per heavy atom. The van der Waals surface area contributed by atoms with Crippen molar-refractivity contribution >= 4 is 11.9 Å². The van der Waals surface area contributed by atoms with Crippen molar-refractivity contribution in [3.63, 3.8) is 0 Å². The molecule has 0 aliphatic rings. The van der Waals surface area contributed by atoms with E-state index in [1.807, 2.05) is 0 Å². The van der Waals surface area contributed by atoms with Crippen LogP contribution in [0.15, 0.2) is 42.5 Å². The molecule has 0 heterocycles. The van der Waals surface area contributed by atoms with Crippen molar-refractivity contribution in [1.29, 1.82) is 0 Å². The van der Waals surface area contributed by atoms with Gasteiger partial charge in [-0.3, -0.25) is 0 Å². The third kappa shape index (κ3) is 2.32. The van der Waals surface area contributed by atoms with E-state index < -0.39 is 11.9 Å². The summed E-state index contributed by atoms with van der Waals surface area (Å²) in [6.45, 7) is 0. The number of benzene rings is 2. The second-order valence-corrected chi connectivity index (χ2v) is 3.93. The van der Waals surface area contributed by atoms with Gasteiger partial charge in [0.1, 0.15) is 5.56 Å². The van der Waals surface area contributed by atoms with Crippen LogP contribution in [-0.4, -0.2) is 27.4 Å². The first-order valence-electron chi connectivity index (χ1n) is 5.56. The SMILES string of the molecule is O=C(O)c1ccccc1-c1cccc(OO)c1C(=O)O. The van der Waals surface area contributed by atoms with E-state index in [-0.39, 0.29) is 28.0 Å². The molecule has 0 atom stereocenters. The standard InChI is InChI=1S/C14H10O6/c15-13(16)10-5-2-1-4-8(10)9-6-3-7-11(20-19)12(9)14(17)18/h1-7,19H,(H,15,16)(H,17,18). The summed E-state index contributed by atoms with van der Waals surface area (Å²) in [7, 11) is 0. The van der Waals surface area contributed by atoms with E-state index in [1.54, 1.807) is 12.1 Å². The summed E-state index contributed by atoms with van der Waals surface area (Å²) in [4.78, 5) is 26.6. The Labute approximate surface area is 113 Å². The van der Waals surface area contributed by atoms with Crippen LogP contribution in [-0.2, 0) is 0 Å². The predicted octanol–water partition coefficient (Wildman–Crippen LogP) is 2.60. The lowest BCUT2D eigenvalue weighted by atomic mass is 9.95. The van der Waals surface area contributed by atoms with Crippen molar-refractivity contribution in [2.75, 3.05) is 0 Å². The van der Waals surface area contributed by atoms with Crippen molar-refractivity contribution in [2.24, 2.45) is 0 Å². The molecule has 0 aromatic heterocycles. The number of hydrogen-bond donors (Lipinski definition) is 3. The van der Waals surface area contributed by atoms with E-state index in [0.29, 0.717) is 0 Å². The van der Waals surface area contributed by atoms with E-state index in [9.17, 15) is 14.7 Å². The van der Waals surface area contributed by atoms with Crippen LogP contribution < -0.4 is 4.89 Å². The van der Waals surface area contributed by atoms with Gasteiger partial charge in [-0.15, -0.1) is 0 Å². The van der Waals surface area contributed by atoms with Gasteiger partial charge in [-0.2, -0.15) is 0 Å². The highest BCUT2D eigenvalue weighted by atomic mass is 17.1. The van der Waals surface area contributed by atoms with Crippen LogP contribution in [0.2, 0.25) is 0 Å². The van der Waals surface area contributed by atoms with Gasteiger partial charge in [0.25, 0.3) is 0 Å². The number of carboxylic acid groups (broad SMARTS) is 2. The normalized spacial score (nSPS) is 10.1. The van der Waals surface area contributed by atoms with Crippen LogP contribution in [0.5, 0.6) is 5.75 Å². The summed E-state index contributed by atoms with van der Waals surface area (Å²) >= 11 is 0. The molecule has 6 nitrogen and oxygen atoms in total. The third-order valence-electron chi connectivity index (χ3n) is 2.79. The van der Waals surface area contributed by atoms with E-state index in [1.165, 1.54) is 30.3 Å². The van der Waals surface area contributed by atoms with Gasteiger partial charge in [0.15, 0.2) is 5.75 Å². The van der Waals surface area contributed by atoms with Crippen LogP contribution in [0.1, 0.15) is 20.7 Å². The Kier molecular flexibility index (Phi) is 3.67. The van der Waals surface area contributed by atoms with Crippen LogP contribution in [0, 0.1) is 0 Å². The van der Waals surface area contributed by atoms with Gasteiger partial charge in [0, 0.05) is 5.56 Å². The van der Waals surface area contributed by atoms with Crippen LogP contribution in [0.4, 0.5) is 0 Å². The number of carbonyl (C=O) groups is 2. The summed E-state index contributed by atoms with van der Waals surface area (Å²) in [5.74, 6) is -2.76. The highest BCUT2D eigenvalue weighted by Crippen LogP contribution is 2.32. The van der Waals surface area contributed by atoms with Crippen molar-refractivity contribution in [3.05, 3.63) is 53.6 Å². The van der Waals surface area contributed by atoms with Gasteiger partial charge in [0.05, 0.1) is 5.56 Å². The summed E-state index contributed by atoms with van der Waals surface area (Å²) in [5.41, 5.74) is 0.0483. The third-order valence-corrected chi connectivity index (χ3v) is 2.79. The van der Waals surface area contributed by atoms with Crippen LogP contribution >= 0.6 is 0 Å². The molecule has 3 N–H and O–H groups in total. The molecule has 0 amide bonds. The first-order chi connectivity index (χ1) is 9.56. The highest BCUT2D eigenvalue weighted by molar-refractivity contribution is 6.03. The largest absolute Gasteiger partial charge is 0.478 e. The molecule has 20 heavy (non-hydrogen) atoms. The maximum Gasteiger partial charge on any atom is 0.340 e. The molecule has 0 saturated carbocycles. The van der Waals surface area contributed by atoms with Gasteiger partial charge in [-0.05, 0) is 17.7 Å². The van der Waals surface area contributed by atoms with E-state index in [2.05, 4.69) is 4.89 Å². The molecule has 102 valence electrons. The van der Waals surface area contributed by atoms with Crippen molar-refractivity contribution in [1.82, 2.24) is 0 Å². The lowest BCUT2D eigenvalue weighted by molar-refractivity contribution is -0.138. The van der Waals surface area contributed by atoms with Gasteiger partial charge in [-0.1, -0.05) is 30.3 Å². The Bertz CT molecular complexity index is 677. The van der Waals surface area contributed by atoms with Gasteiger partial charge < -0.3 is 15.1 Å². The molecule has 0 radical (unpaired) electrons. The number of rotatable bonds is 4. The Morgan fingerprint density at radius 1 is 0.850 bits per heavy atom. The molecule has 0 aliphatic heterocycles. The maximum atomic E-state index is 11.3. The minimum Gasteiger partial charge on any atom is -0.478 e. The summed E-state index contributed by atoms with van der Waals surface area (Å²) < 4.78 is 0. The van der Waals surface area contributed by atoms with Crippen LogP contribution in [0.3, 0.4) is 0 Å². The van der Waals surface area contributed by atoms with Crippen molar-refractivity contribution < 1.29 is 29.9 Å². The Morgan fingerprint density at radius 2 is 1.50 bits per heavy atom. The fourth-order valence-electron chi connectivity index (χ4n) is 1.96. The number of hydrogen-bond acceptors (Lipinski definition) is 4. The zero-order valence-corrected chi connectivity index (χ0v) is 10.1. The lowest BCUT2D eigenvalue weighted by Gasteiger charge is -2.11. The molecule has 0 aliphatic carbocycles. The molecule has 2 aromatic rings. The molecule has 0 bridgehead atoms. The first kappa shape index (κ1) is 13.6. The quantitative estimate of drug-likeness (QED) is 0.584. The van der Waals surface area contributed by atoms with E-state index in [4.69, 9.17) is 10.4 Å². The molecule has 0 unspecified atom stereocenters. The Hall–Kier alpha value is -2.86. The van der Waals surface area contributed by atoms with E-state index >= 15 is 0 Å². The molecule has 2 rings (SSSR count). The molecular weight excluding hydrogens is 264 g/mol. The highest BCUT2D eigenvalue weighted by Gasteiger charge is 2.21. The zero-order valence-electron chi connectivity index (χ0n) is 10.1. The summed E-state index contributed by atoms with van der Waals surface area (Å²) in [5, 5.41) is 27.1. The molecule has 0 fully saturated rings. The number of aromatic carboxylic acids is 2. The molecule has 2 aromatic carbocycles. The topological polar surface area (TPSA) is 104 Å². The minimum absolute atomic E-state index is 0.0370. The van der Waals surface area contributed by atoms with E-state index in [0.717, 1.165) is 0 Å². The monoisotopic (exact) mass is 274 g/mol. The smallest absolute Gasteiger partial charge is 0.340 e. The van der Waals surface area contributed by atoms with Gasteiger partial charge in [-0.25, -0.2) is 14.8 Å².